The van der Waals surface area contributed by atoms with E-state index in [9.17, 15) is 15.3 Å². The molecule has 4 rings (SSSR count). The molecule has 0 aromatic heterocycles. The van der Waals surface area contributed by atoms with E-state index in [0.717, 1.165) is 5.84 Å². The molecule has 0 aliphatic carbocycles. The Labute approximate surface area is 167 Å². The van der Waals surface area contributed by atoms with E-state index in [-0.39, 0.29) is 12.1 Å². The molecule has 1 fully saturated rings. The van der Waals surface area contributed by atoms with Crippen molar-refractivity contribution in [2.75, 3.05) is 13.7 Å². The lowest BCUT2D eigenvalue weighted by atomic mass is 9.99. The summed E-state index contributed by atoms with van der Waals surface area (Å²) in [6, 6.07) is 6.66. The Bertz CT molecular complexity index is 761. The number of halogens is 1. The molecule has 0 bridgehead atoms. The summed E-state index contributed by atoms with van der Waals surface area (Å²) in [6.45, 7) is 0.408. The average Bonchev–Trinajstić information content (AvgIpc) is 3.25. The second-order valence-electron chi connectivity index (χ2n) is 7.01. The summed E-state index contributed by atoms with van der Waals surface area (Å²) >= 11 is 5.89. The van der Waals surface area contributed by atoms with Gasteiger partial charge in [-0.1, -0.05) is 29.8 Å². The van der Waals surface area contributed by atoms with Gasteiger partial charge in [-0.25, -0.2) is 5.43 Å². The first-order valence-electron chi connectivity index (χ1n) is 9.12. The second kappa shape index (κ2) is 7.96. The molecule has 3 heterocycles. The predicted octanol–water partition coefficient (Wildman–Crippen LogP) is -0.725. The number of rotatable bonds is 4. The van der Waals surface area contributed by atoms with Crippen molar-refractivity contribution in [1.29, 1.82) is 0 Å². The van der Waals surface area contributed by atoms with Crippen LogP contribution in [0.5, 0.6) is 0 Å². The molecule has 0 radical (unpaired) electrons. The molecule has 0 spiro atoms. The highest BCUT2D eigenvalue weighted by Crippen LogP contribution is 2.36. The molecule has 7 atom stereocenters. The first kappa shape index (κ1) is 19.6. The number of aliphatic hydroxyl groups excluding tert-OH is 3. The van der Waals surface area contributed by atoms with Gasteiger partial charge in [0.25, 0.3) is 0 Å². The number of aliphatic imine (C=N–C) groups is 1. The molecule has 2 unspecified atom stereocenters. The number of amidine groups is 1. The number of aliphatic hydroxyl groups is 3. The summed E-state index contributed by atoms with van der Waals surface area (Å²) in [5, 5.41) is 35.6. The van der Waals surface area contributed by atoms with Gasteiger partial charge in [0.2, 0.25) is 0 Å². The molecule has 3 aliphatic heterocycles. The predicted molar refractivity (Wildman–Crippen MR) is 103 cm³/mol. The number of hydrazine groups is 1. The van der Waals surface area contributed by atoms with Gasteiger partial charge < -0.3 is 30.4 Å². The van der Waals surface area contributed by atoms with E-state index in [0.29, 0.717) is 17.3 Å². The largest absolute Gasteiger partial charge is 0.387 e. The molecule has 6 N–H and O–H groups in total. The van der Waals surface area contributed by atoms with Gasteiger partial charge in [-0.15, -0.1) is 0 Å². The van der Waals surface area contributed by atoms with Crippen LogP contribution in [0.4, 0.5) is 0 Å². The van der Waals surface area contributed by atoms with E-state index in [1.54, 1.807) is 31.3 Å². The Morgan fingerprint density at radius 2 is 2.04 bits per heavy atom. The van der Waals surface area contributed by atoms with Gasteiger partial charge in [-0.05, 0) is 17.7 Å². The molecule has 1 aromatic carbocycles. The molecule has 28 heavy (non-hydrogen) atoms. The third kappa shape index (κ3) is 3.39. The standard InChI is InChI=1S/C18H24ClN5O4/c1-20-23-16-11-6-7-24(17(11)22-8-21-16)18-14(27)13(26)15(28-18)12(25)9-2-4-10(19)5-3-9/h2-7,11-15,17-18,20,22,25-27H,8H2,1H3,(H,21,23)/t11?,12-,13+,14-,15-,17?,18-/m1/s1. The Hall–Kier alpha value is -1.72. The molecule has 0 saturated carbocycles. The van der Waals surface area contributed by atoms with Crippen LogP contribution in [0.3, 0.4) is 0 Å². The highest BCUT2D eigenvalue weighted by Gasteiger charge is 2.51. The van der Waals surface area contributed by atoms with Gasteiger partial charge in [0, 0.05) is 18.3 Å². The monoisotopic (exact) mass is 409 g/mol. The molecule has 10 heteroatoms. The van der Waals surface area contributed by atoms with Gasteiger partial charge in [0.15, 0.2) is 6.23 Å². The van der Waals surface area contributed by atoms with E-state index >= 15 is 0 Å². The van der Waals surface area contributed by atoms with Crippen molar-refractivity contribution in [1.82, 2.24) is 21.1 Å². The van der Waals surface area contributed by atoms with Gasteiger partial charge in [-0.2, -0.15) is 0 Å². The molecule has 9 nitrogen and oxygen atoms in total. The van der Waals surface area contributed by atoms with Crippen molar-refractivity contribution >= 4 is 17.4 Å². The molecule has 1 aromatic rings. The quantitative estimate of drug-likeness (QED) is 0.360. The zero-order valence-electron chi connectivity index (χ0n) is 15.2. The molecular formula is C18H24ClN5O4. The number of ether oxygens (including phenoxy) is 1. The first-order chi connectivity index (χ1) is 13.5. The third-order valence-electron chi connectivity index (χ3n) is 5.34. The summed E-state index contributed by atoms with van der Waals surface area (Å²) in [5.74, 6) is 0.713. The lowest BCUT2D eigenvalue weighted by molar-refractivity contribution is -0.114. The van der Waals surface area contributed by atoms with Crippen LogP contribution in [0.1, 0.15) is 11.7 Å². The zero-order chi connectivity index (χ0) is 19.8. The zero-order valence-corrected chi connectivity index (χ0v) is 16.0. The fourth-order valence-corrected chi connectivity index (χ4v) is 4.04. The average molecular weight is 410 g/mol. The number of fused-ring (bicyclic) bond motifs is 1. The van der Waals surface area contributed by atoms with E-state index in [1.165, 1.54) is 0 Å². The maximum Gasteiger partial charge on any atom is 0.160 e. The number of nitrogens with zero attached hydrogens (tertiary/aromatic N) is 2. The van der Waals surface area contributed by atoms with Crippen LogP contribution in [0.2, 0.25) is 5.02 Å². The van der Waals surface area contributed by atoms with Crippen LogP contribution >= 0.6 is 11.6 Å². The smallest absolute Gasteiger partial charge is 0.160 e. The van der Waals surface area contributed by atoms with Crippen molar-refractivity contribution in [3.05, 3.63) is 47.1 Å². The minimum absolute atomic E-state index is 0.0608. The lowest BCUT2D eigenvalue weighted by Crippen LogP contribution is -2.58. The topological polar surface area (TPSA) is 122 Å². The van der Waals surface area contributed by atoms with E-state index in [4.69, 9.17) is 16.3 Å². The first-order valence-corrected chi connectivity index (χ1v) is 9.50. The second-order valence-corrected chi connectivity index (χ2v) is 7.45. The Morgan fingerprint density at radius 1 is 1.29 bits per heavy atom. The number of benzene rings is 1. The summed E-state index contributed by atoms with van der Waals surface area (Å²) in [6.07, 6.45) is -1.73. The van der Waals surface area contributed by atoms with Crippen LogP contribution in [0.25, 0.3) is 0 Å². The van der Waals surface area contributed by atoms with Crippen molar-refractivity contribution < 1.29 is 20.1 Å². The SMILES string of the molecule is CNNC1=NCNC2C1C=CN2[C@@H]1O[C@H]([C@H](O)c2ccc(Cl)cc2)[C@@H](O)[C@H]1O. The minimum Gasteiger partial charge on any atom is -0.387 e. The summed E-state index contributed by atoms with van der Waals surface area (Å²) in [4.78, 5) is 6.22. The maximum absolute atomic E-state index is 10.7. The van der Waals surface area contributed by atoms with Crippen LogP contribution in [-0.2, 0) is 4.74 Å². The van der Waals surface area contributed by atoms with Crippen LogP contribution < -0.4 is 16.2 Å². The molecule has 152 valence electrons. The highest BCUT2D eigenvalue weighted by molar-refractivity contribution is 6.30. The summed E-state index contributed by atoms with van der Waals surface area (Å²) < 4.78 is 5.94. The molecule has 0 amide bonds. The van der Waals surface area contributed by atoms with E-state index in [1.807, 2.05) is 17.2 Å². The summed E-state index contributed by atoms with van der Waals surface area (Å²) in [5.41, 5.74) is 6.44. The van der Waals surface area contributed by atoms with E-state index in [2.05, 4.69) is 21.2 Å². The van der Waals surface area contributed by atoms with Gasteiger partial charge in [0.1, 0.15) is 30.3 Å². The van der Waals surface area contributed by atoms with Gasteiger partial charge in [0.05, 0.1) is 18.8 Å². The maximum atomic E-state index is 10.7. The fraction of sp³-hybridized carbons (Fsp3) is 0.500. The van der Waals surface area contributed by atoms with Gasteiger partial charge in [-0.3, -0.25) is 10.3 Å². The normalized spacial score (nSPS) is 35.6. The molecule has 1 saturated heterocycles. The lowest BCUT2D eigenvalue weighted by Gasteiger charge is -2.37. The van der Waals surface area contributed by atoms with Crippen LogP contribution in [0.15, 0.2) is 41.5 Å². The number of hydrogen-bond acceptors (Lipinski definition) is 9. The van der Waals surface area contributed by atoms with Crippen LogP contribution in [0, 0.1) is 5.92 Å². The third-order valence-corrected chi connectivity index (χ3v) is 5.59. The molecular weight excluding hydrogens is 386 g/mol. The van der Waals surface area contributed by atoms with E-state index < -0.39 is 30.6 Å². The fourth-order valence-electron chi connectivity index (χ4n) is 3.91. The Kier molecular flexibility index (Phi) is 5.57. The Morgan fingerprint density at radius 3 is 2.75 bits per heavy atom. The summed E-state index contributed by atoms with van der Waals surface area (Å²) in [7, 11) is 1.76. The van der Waals surface area contributed by atoms with Gasteiger partial charge >= 0.3 is 0 Å². The van der Waals surface area contributed by atoms with Crippen molar-refractivity contribution in [3.8, 4) is 0 Å². The van der Waals surface area contributed by atoms with Crippen molar-refractivity contribution in [2.24, 2.45) is 10.9 Å². The Balaban J connectivity index is 1.50. The van der Waals surface area contributed by atoms with Crippen molar-refractivity contribution in [3.63, 3.8) is 0 Å². The number of nitrogens with one attached hydrogen (secondary N) is 3. The minimum atomic E-state index is -1.24. The number of hydrogen-bond donors (Lipinski definition) is 6. The molecule has 3 aliphatic rings. The van der Waals surface area contributed by atoms with Crippen LogP contribution in [-0.4, -0.2) is 70.5 Å². The highest BCUT2D eigenvalue weighted by atomic mass is 35.5. The van der Waals surface area contributed by atoms with Crippen molar-refractivity contribution in [2.45, 2.75) is 36.8 Å².